The van der Waals surface area contributed by atoms with Crippen molar-refractivity contribution in [3.8, 4) is 0 Å². The molecule has 0 bridgehead atoms. The van der Waals surface area contributed by atoms with Crippen LogP contribution in [-0.2, 0) is 9.47 Å². The molecule has 0 unspecified atom stereocenters. The van der Waals surface area contributed by atoms with E-state index in [1.165, 1.54) is 5.56 Å². The fourth-order valence-electron chi connectivity index (χ4n) is 3.98. The lowest BCUT2D eigenvalue weighted by Crippen LogP contribution is -2.40. The zero-order chi connectivity index (χ0) is 18.1. The Bertz CT molecular complexity index is 788. The van der Waals surface area contributed by atoms with Crippen LogP contribution in [0.25, 0.3) is 11.0 Å². The summed E-state index contributed by atoms with van der Waals surface area (Å²) < 4.78 is 17.3. The lowest BCUT2D eigenvalue weighted by atomic mass is 9.90. The van der Waals surface area contributed by atoms with Gasteiger partial charge in [0, 0.05) is 31.7 Å². The van der Waals surface area contributed by atoms with E-state index in [0.717, 1.165) is 50.0 Å². The van der Waals surface area contributed by atoms with Gasteiger partial charge in [0.2, 0.25) is 0 Å². The molecule has 1 aromatic carbocycles. The topological polar surface area (TPSA) is 51.9 Å². The molecule has 1 amide bonds. The Morgan fingerprint density at radius 3 is 2.69 bits per heavy atom. The van der Waals surface area contributed by atoms with Crippen LogP contribution in [-0.4, -0.2) is 49.3 Å². The second-order valence-corrected chi connectivity index (χ2v) is 7.75. The monoisotopic (exact) mass is 357 g/mol. The summed E-state index contributed by atoms with van der Waals surface area (Å²) in [6.45, 7) is 7.73. The second-order valence-electron chi connectivity index (χ2n) is 7.75. The summed E-state index contributed by atoms with van der Waals surface area (Å²) in [7, 11) is 0. The van der Waals surface area contributed by atoms with Crippen LogP contribution in [0.4, 0.5) is 0 Å². The Balaban J connectivity index is 1.55. The van der Waals surface area contributed by atoms with E-state index in [0.29, 0.717) is 24.6 Å². The molecule has 2 aliphatic rings. The number of nitrogens with zero attached hydrogens (tertiary/aromatic N) is 1. The van der Waals surface area contributed by atoms with Crippen LogP contribution in [0, 0.1) is 0 Å². The third-order valence-electron chi connectivity index (χ3n) is 5.79. The van der Waals surface area contributed by atoms with Crippen molar-refractivity contribution in [2.75, 3.05) is 32.9 Å². The molecule has 3 heterocycles. The molecule has 26 heavy (non-hydrogen) atoms. The number of benzene rings is 1. The molecule has 0 radical (unpaired) electrons. The zero-order valence-corrected chi connectivity index (χ0v) is 15.6. The maximum atomic E-state index is 13.2. The second kappa shape index (κ2) is 7.05. The predicted octanol–water partition coefficient (Wildman–Crippen LogP) is 3.97. The lowest BCUT2D eigenvalue weighted by molar-refractivity contribution is -0.105. The van der Waals surface area contributed by atoms with Crippen molar-refractivity contribution < 1.29 is 18.7 Å². The average molecular weight is 357 g/mol. The first-order valence-electron chi connectivity index (χ1n) is 9.60. The van der Waals surface area contributed by atoms with Gasteiger partial charge in [-0.25, -0.2) is 0 Å². The Kier molecular flexibility index (Phi) is 4.76. The summed E-state index contributed by atoms with van der Waals surface area (Å²) in [5, 5.41) is 0.909. The van der Waals surface area contributed by atoms with E-state index in [9.17, 15) is 4.79 Å². The van der Waals surface area contributed by atoms with Gasteiger partial charge in [0.25, 0.3) is 5.91 Å². The van der Waals surface area contributed by atoms with Crippen molar-refractivity contribution in [2.45, 2.75) is 44.6 Å². The summed E-state index contributed by atoms with van der Waals surface area (Å²) in [6, 6.07) is 6.12. The molecule has 0 aliphatic carbocycles. The number of carbonyl (C=O) groups excluding carboxylic acids is 1. The molecule has 0 saturated carbocycles. The van der Waals surface area contributed by atoms with E-state index in [-0.39, 0.29) is 11.5 Å². The van der Waals surface area contributed by atoms with Crippen molar-refractivity contribution in [1.29, 1.82) is 0 Å². The fraction of sp³-hybridized carbons (Fsp3) is 0.571. The number of ether oxygens (including phenoxy) is 2. The van der Waals surface area contributed by atoms with Crippen molar-refractivity contribution >= 4 is 16.9 Å². The number of hydrogen-bond donors (Lipinski definition) is 0. The molecule has 2 saturated heterocycles. The van der Waals surface area contributed by atoms with Gasteiger partial charge < -0.3 is 18.8 Å². The molecule has 4 rings (SSSR count). The Morgan fingerprint density at radius 2 is 1.92 bits per heavy atom. The molecule has 2 aliphatic heterocycles. The smallest absolute Gasteiger partial charge is 0.257 e. The van der Waals surface area contributed by atoms with Gasteiger partial charge in [0.05, 0.1) is 17.8 Å². The maximum absolute atomic E-state index is 13.2. The first-order chi connectivity index (χ1) is 12.6. The van der Waals surface area contributed by atoms with Gasteiger partial charge in [-0.15, -0.1) is 0 Å². The summed E-state index contributed by atoms with van der Waals surface area (Å²) in [4.78, 5) is 15.1. The van der Waals surface area contributed by atoms with Crippen molar-refractivity contribution in [3.63, 3.8) is 0 Å². The standard InChI is InChI=1S/C21H27NO4/c1-15(2)16-3-4-19-17(13-16)18(14-25-19)20(23)22-8-5-21(26-12-9-22)6-10-24-11-7-21/h3-4,13-15H,5-12H2,1-2H3. The highest BCUT2D eigenvalue weighted by Crippen LogP contribution is 2.32. The van der Waals surface area contributed by atoms with E-state index in [4.69, 9.17) is 13.9 Å². The van der Waals surface area contributed by atoms with Crippen LogP contribution >= 0.6 is 0 Å². The average Bonchev–Trinajstić information content (AvgIpc) is 2.97. The number of furan rings is 1. The fourth-order valence-corrected chi connectivity index (χ4v) is 3.98. The number of carbonyl (C=O) groups is 1. The van der Waals surface area contributed by atoms with E-state index in [1.54, 1.807) is 6.26 Å². The molecule has 2 fully saturated rings. The highest BCUT2D eigenvalue weighted by molar-refractivity contribution is 6.06. The minimum absolute atomic E-state index is 0.0392. The number of rotatable bonds is 2. The van der Waals surface area contributed by atoms with E-state index >= 15 is 0 Å². The van der Waals surface area contributed by atoms with Crippen LogP contribution in [0.3, 0.4) is 0 Å². The van der Waals surface area contributed by atoms with Crippen molar-refractivity contribution in [1.82, 2.24) is 4.90 Å². The molecule has 140 valence electrons. The molecule has 0 N–H and O–H groups in total. The summed E-state index contributed by atoms with van der Waals surface area (Å²) >= 11 is 0. The molecule has 5 nitrogen and oxygen atoms in total. The van der Waals surface area contributed by atoms with Crippen LogP contribution in [0.1, 0.15) is 54.9 Å². The molecular weight excluding hydrogens is 330 g/mol. The largest absolute Gasteiger partial charge is 0.463 e. The first kappa shape index (κ1) is 17.6. The Morgan fingerprint density at radius 1 is 1.12 bits per heavy atom. The normalized spacial score (nSPS) is 20.7. The lowest BCUT2D eigenvalue weighted by Gasteiger charge is -2.35. The van der Waals surface area contributed by atoms with Crippen molar-refractivity contribution in [3.05, 3.63) is 35.6 Å². The van der Waals surface area contributed by atoms with Gasteiger partial charge in [0.15, 0.2) is 0 Å². The van der Waals surface area contributed by atoms with Crippen LogP contribution < -0.4 is 0 Å². The highest BCUT2D eigenvalue weighted by Gasteiger charge is 2.36. The zero-order valence-electron chi connectivity index (χ0n) is 15.6. The quantitative estimate of drug-likeness (QED) is 0.816. The maximum Gasteiger partial charge on any atom is 0.257 e. The Labute approximate surface area is 154 Å². The first-order valence-corrected chi connectivity index (χ1v) is 9.60. The van der Waals surface area contributed by atoms with Gasteiger partial charge in [-0.1, -0.05) is 19.9 Å². The molecule has 1 aromatic heterocycles. The van der Waals surface area contributed by atoms with Crippen LogP contribution in [0.5, 0.6) is 0 Å². The minimum Gasteiger partial charge on any atom is -0.463 e. The van der Waals surface area contributed by atoms with Gasteiger partial charge in [-0.2, -0.15) is 0 Å². The van der Waals surface area contributed by atoms with Gasteiger partial charge in [0.1, 0.15) is 11.8 Å². The number of amides is 1. The highest BCUT2D eigenvalue weighted by atomic mass is 16.5. The number of hydrogen-bond acceptors (Lipinski definition) is 4. The van der Waals surface area contributed by atoms with Crippen molar-refractivity contribution in [2.24, 2.45) is 0 Å². The van der Waals surface area contributed by atoms with E-state index in [2.05, 4.69) is 26.0 Å². The third kappa shape index (κ3) is 3.26. The van der Waals surface area contributed by atoms with E-state index < -0.39 is 0 Å². The molecule has 0 atom stereocenters. The Hall–Kier alpha value is -1.85. The molecular formula is C21H27NO4. The summed E-state index contributed by atoms with van der Waals surface area (Å²) in [5.74, 6) is 0.453. The SMILES string of the molecule is CC(C)c1ccc2occ(C(=O)N3CCOC4(CCOCC4)CC3)c2c1. The third-order valence-corrected chi connectivity index (χ3v) is 5.79. The molecule has 1 spiro atoms. The van der Waals surface area contributed by atoms with Gasteiger partial charge in [-0.05, 0) is 42.9 Å². The number of fused-ring (bicyclic) bond motifs is 1. The van der Waals surface area contributed by atoms with Gasteiger partial charge >= 0.3 is 0 Å². The van der Waals surface area contributed by atoms with Crippen LogP contribution in [0.2, 0.25) is 0 Å². The predicted molar refractivity (Wildman–Crippen MR) is 99.6 cm³/mol. The van der Waals surface area contributed by atoms with Gasteiger partial charge in [-0.3, -0.25) is 4.79 Å². The van der Waals surface area contributed by atoms with E-state index in [1.807, 2.05) is 11.0 Å². The van der Waals surface area contributed by atoms with Crippen LogP contribution in [0.15, 0.2) is 28.9 Å². The summed E-state index contributed by atoms with van der Waals surface area (Å²) in [6.07, 6.45) is 4.31. The summed E-state index contributed by atoms with van der Waals surface area (Å²) in [5.41, 5.74) is 2.53. The molecule has 5 heteroatoms. The minimum atomic E-state index is -0.115. The molecule has 2 aromatic rings.